The van der Waals surface area contributed by atoms with E-state index >= 15 is 0 Å². The van der Waals surface area contributed by atoms with Crippen LogP contribution in [-0.4, -0.2) is 39.2 Å². The zero-order chi connectivity index (χ0) is 12.5. The smallest absolute Gasteiger partial charge is 0.356 e. The number of hydrogen-bond donors (Lipinski definition) is 0. The molecule has 3 heterocycles. The molecule has 0 amide bonds. The molecule has 1 atom stereocenters. The van der Waals surface area contributed by atoms with Gasteiger partial charge in [-0.2, -0.15) is 16.9 Å². The fraction of sp³-hybridized carbons (Fsp3) is 0.417. The van der Waals surface area contributed by atoms with E-state index in [0.29, 0.717) is 17.3 Å². The summed E-state index contributed by atoms with van der Waals surface area (Å²) < 4.78 is 6.32. The number of rotatable bonds is 2. The van der Waals surface area contributed by atoms with Gasteiger partial charge in [0.1, 0.15) is 0 Å². The van der Waals surface area contributed by atoms with Gasteiger partial charge < -0.3 is 4.74 Å². The first-order valence-electron chi connectivity index (χ1n) is 5.81. The Labute approximate surface area is 109 Å². The summed E-state index contributed by atoms with van der Waals surface area (Å²) in [6.45, 7) is 0. The molecule has 2 aromatic heterocycles. The van der Waals surface area contributed by atoms with Gasteiger partial charge in [0.25, 0.3) is 0 Å². The fourth-order valence-corrected chi connectivity index (χ4v) is 3.31. The maximum Gasteiger partial charge on any atom is 0.356 e. The molecule has 0 bridgehead atoms. The lowest BCUT2D eigenvalue weighted by Crippen LogP contribution is -2.09. The number of carbonyl (C=O) groups excluding carboxylic acids is 1. The predicted octanol–water partition coefficient (Wildman–Crippen LogP) is 1.74. The van der Waals surface area contributed by atoms with E-state index in [1.165, 1.54) is 7.11 Å². The van der Waals surface area contributed by atoms with Crippen LogP contribution in [0.15, 0.2) is 18.2 Å². The van der Waals surface area contributed by atoms with Gasteiger partial charge >= 0.3 is 5.97 Å². The zero-order valence-corrected chi connectivity index (χ0v) is 10.8. The third-order valence-electron chi connectivity index (χ3n) is 3.07. The molecule has 1 unspecified atom stereocenters. The molecule has 0 radical (unpaired) electrons. The Bertz CT molecular complexity index is 590. The van der Waals surface area contributed by atoms with Crippen LogP contribution in [-0.2, 0) is 4.74 Å². The molecule has 0 aliphatic carbocycles. The van der Waals surface area contributed by atoms with E-state index in [4.69, 9.17) is 4.74 Å². The van der Waals surface area contributed by atoms with Crippen LogP contribution < -0.4 is 0 Å². The highest BCUT2D eigenvalue weighted by molar-refractivity contribution is 7.99. The average Bonchev–Trinajstić information content (AvgIpc) is 3.04. The van der Waals surface area contributed by atoms with Crippen molar-refractivity contribution < 1.29 is 9.53 Å². The number of hydrogen-bond acceptors (Lipinski definition) is 5. The van der Waals surface area contributed by atoms with Gasteiger partial charge in [0.15, 0.2) is 17.2 Å². The second-order valence-electron chi connectivity index (χ2n) is 4.20. The minimum absolute atomic E-state index is 0.391. The Balaban J connectivity index is 2.08. The summed E-state index contributed by atoms with van der Waals surface area (Å²) in [5, 5.41) is 4.46. The minimum atomic E-state index is -0.391. The Morgan fingerprint density at radius 1 is 1.56 bits per heavy atom. The van der Waals surface area contributed by atoms with Crippen LogP contribution in [0.4, 0.5) is 0 Å². The molecule has 94 valence electrons. The normalized spacial score (nSPS) is 19.3. The van der Waals surface area contributed by atoms with Crippen molar-refractivity contribution in [3.05, 3.63) is 29.7 Å². The van der Waals surface area contributed by atoms with Crippen LogP contribution in [0.5, 0.6) is 0 Å². The van der Waals surface area contributed by atoms with Gasteiger partial charge in [-0.25, -0.2) is 14.3 Å². The van der Waals surface area contributed by atoms with E-state index in [1.54, 1.807) is 16.6 Å². The van der Waals surface area contributed by atoms with Crippen LogP contribution in [0.2, 0.25) is 0 Å². The molecular formula is C12H13N3O2S. The van der Waals surface area contributed by atoms with E-state index in [-0.39, 0.29) is 0 Å². The number of esters is 1. The van der Waals surface area contributed by atoms with Gasteiger partial charge in [-0.3, -0.25) is 0 Å². The topological polar surface area (TPSA) is 56.5 Å². The molecule has 0 aromatic carbocycles. The maximum atomic E-state index is 11.6. The molecule has 0 saturated carbocycles. The number of aromatic nitrogens is 3. The van der Waals surface area contributed by atoms with Gasteiger partial charge in [0.05, 0.1) is 7.11 Å². The fourth-order valence-electron chi connectivity index (χ4n) is 2.09. The lowest BCUT2D eigenvalue weighted by molar-refractivity contribution is 0.0591. The number of fused-ring (bicyclic) bond motifs is 1. The second-order valence-corrected chi connectivity index (χ2v) is 5.35. The standard InChI is InChI=1S/C12H13N3O2S/c1-17-12(16)9-3-2-4-10-13-11(14-15(9)10)8-5-6-18-7-8/h2-4,8H,5-7H2,1H3. The first-order chi connectivity index (χ1) is 8.79. The summed E-state index contributed by atoms with van der Waals surface area (Å²) >= 11 is 1.92. The monoisotopic (exact) mass is 263 g/mol. The maximum absolute atomic E-state index is 11.6. The molecule has 5 nitrogen and oxygen atoms in total. The summed E-state index contributed by atoms with van der Waals surface area (Å²) in [6, 6.07) is 5.34. The summed E-state index contributed by atoms with van der Waals surface area (Å²) in [5.41, 5.74) is 1.12. The molecule has 1 aliphatic heterocycles. The quantitative estimate of drug-likeness (QED) is 0.772. The third-order valence-corrected chi connectivity index (χ3v) is 4.23. The molecule has 1 saturated heterocycles. The van der Waals surface area contributed by atoms with E-state index in [2.05, 4.69) is 10.1 Å². The lowest BCUT2D eigenvalue weighted by atomic mass is 10.1. The van der Waals surface area contributed by atoms with Crippen LogP contribution in [0.1, 0.15) is 28.7 Å². The predicted molar refractivity (Wildman–Crippen MR) is 69.0 cm³/mol. The minimum Gasteiger partial charge on any atom is -0.464 e. The average molecular weight is 263 g/mol. The van der Waals surface area contributed by atoms with Gasteiger partial charge in [0.2, 0.25) is 0 Å². The summed E-state index contributed by atoms with van der Waals surface area (Å²) in [4.78, 5) is 16.1. The van der Waals surface area contributed by atoms with Crippen LogP contribution >= 0.6 is 11.8 Å². The number of methoxy groups -OCH3 is 1. The Morgan fingerprint density at radius 2 is 2.44 bits per heavy atom. The molecule has 3 rings (SSSR count). The molecule has 6 heteroatoms. The lowest BCUT2D eigenvalue weighted by Gasteiger charge is -2.01. The molecule has 2 aromatic rings. The van der Waals surface area contributed by atoms with E-state index < -0.39 is 5.97 Å². The van der Waals surface area contributed by atoms with Crippen LogP contribution in [0.25, 0.3) is 5.65 Å². The van der Waals surface area contributed by atoms with Crippen molar-refractivity contribution in [1.82, 2.24) is 14.6 Å². The largest absolute Gasteiger partial charge is 0.464 e. The highest BCUT2D eigenvalue weighted by Crippen LogP contribution is 2.30. The van der Waals surface area contributed by atoms with Crippen molar-refractivity contribution in [2.75, 3.05) is 18.6 Å². The summed E-state index contributed by atoms with van der Waals surface area (Å²) in [7, 11) is 1.37. The first kappa shape index (κ1) is 11.5. The van der Waals surface area contributed by atoms with Crippen molar-refractivity contribution >= 4 is 23.4 Å². The molecular weight excluding hydrogens is 250 g/mol. The van der Waals surface area contributed by atoms with Crippen molar-refractivity contribution in [2.45, 2.75) is 12.3 Å². The van der Waals surface area contributed by atoms with Crippen LogP contribution in [0.3, 0.4) is 0 Å². The third kappa shape index (κ3) is 1.86. The Hall–Kier alpha value is -1.56. The molecule has 1 fully saturated rings. The van der Waals surface area contributed by atoms with Gasteiger partial charge in [-0.15, -0.1) is 0 Å². The highest BCUT2D eigenvalue weighted by Gasteiger charge is 2.23. The summed E-state index contributed by atoms with van der Waals surface area (Å²) in [5.74, 6) is 3.06. The van der Waals surface area contributed by atoms with Crippen molar-refractivity contribution in [2.24, 2.45) is 0 Å². The Kier molecular flexibility index (Phi) is 2.95. The SMILES string of the molecule is COC(=O)c1cccc2nc(C3CCSC3)nn12. The van der Waals surface area contributed by atoms with Gasteiger partial charge in [-0.1, -0.05) is 6.07 Å². The number of thioether (sulfide) groups is 1. The molecule has 0 spiro atoms. The van der Waals surface area contributed by atoms with Crippen molar-refractivity contribution in [3.63, 3.8) is 0 Å². The van der Waals surface area contributed by atoms with E-state index in [9.17, 15) is 4.79 Å². The van der Waals surface area contributed by atoms with Crippen LogP contribution in [0, 0.1) is 0 Å². The number of ether oxygens (including phenoxy) is 1. The molecule has 18 heavy (non-hydrogen) atoms. The second kappa shape index (κ2) is 4.61. The summed E-state index contributed by atoms with van der Waals surface area (Å²) in [6.07, 6.45) is 1.11. The zero-order valence-electron chi connectivity index (χ0n) is 10.00. The van der Waals surface area contributed by atoms with Crippen molar-refractivity contribution in [1.29, 1.82) is 0 Å². The van der Waals surface area contributed by atoms with Crippen molar-refractivity contribution in [3.8, 4) is 0 Å². The molecule has 1 aliphatic rings. The number of carbonyl (C=O) groups is 1. The molecule has 0 N–H and O–H groups in total. The van der Waals surface area contributed by atoms with E-state index in [0.717, 1.165) is 23.8 Å². The van der Waals surface area contributed by atoms with E-state index in [1.807, 2.05) is 17.8 Å². The van der Waals surface area contributed by atoms with Gasteiger partial charge in [-0.05, 0) is 24.3 Å². The number of nitrogens with zero attached hydrogens (tertiary/aromatic N) is 3. The number of pyridine rings is 1. The van der Waals surface area contributed by atoms with Gasteiger partial charge in [0, 0.05) is 11.7 Å². The Morgan fingerprint density at radius 3 is 3.17 bits per heavy atom. The highest BCUT2D eigenvalue weighted by atomic mass is 32.2. The first-order valence-corrected chi connectivity index (χ1v) is 6.97.